The number of fused-ring (bicyclic) bond motifs is 1. The molecular formula is C22H20N4O2. The lowest BCUT2D eigenvalue weighted by Gasteiger charge is -2.38. The van der Waals surface area contributed by atoms with Crippen LogP contribution in [-0.2, 0) is 6.54 Å². The summed E-state index contributed by atoms with van der Waals surface area (Å²) in [5, 5.41) is 0. The van der Waals surface area contributed by atoms with E-state index < -0.39 is 0 Å². The van der Waals surface area contributed by atoms with Gasteiger partial charge in [-0.1, -0.05) is 48.5 Å². The zero-order valence-electron chi connectivity index (χ0n) is 15.3. The molecule has 0 bridgehead atoms. The Morgan fingerprint density at radius 3 is 2.50 bits per heavy atom. The summed E-state index contributed by atoms with van der Waals surface area (Å²) in [5.74, 6) is 1.67. The summed E-state index contributed by atoms with van der Waals surface area (Å²) in [6, 6.07) is 19.8. The average Bonchev–Trinajstić information content (AvgIpc) is 3.12. The molecule has 5 rings (SSSR count). The standard InChI is InChI=1S/C22H20N4O2/c27-22-20-11-23-21(16-7-3-1-4-8-16)26(20)13-17(24-22)12-25-14-19(15-25)28-18-9-5-2-6-10-18/h1-11,13,19H,12,14-15H2,(H,24,27). The fraction of sp³-hybridized carbons (Fsp3) is 0.182. The molecule has 1 saturated heterocycles. The maximum atomic E-state index is 12.5. The number of likely N-dealkylation sites (tertiary alicyclic amines) is 1. The number of rotatable bonds is 5. The second kappa shape index (κ2) is 6.98. The van der Waals surface area contributed by atoms with E-state index in [0.717, 1.165) is 35.9 Å². The van der Waals surface area contributed by atoms with Crippen molar-refractivity contribution in [3.05, 3.63) is 89.1 Å². The van der Waals surface area contributed by atoms with Crippen molar-refractivity contribution >= 4 is 5.52 Å². The maximum absolute atomic E-state index is 12.5. The second-order valence-corrected chi connectivity index (χ2v) is 7.06. The molecule has 1 aliphatic heterocycles. The molecule has 0 unspecified atom stereocenters. The average molecular weight is 372 g/mol. The van der Waals surface area contributed by atoms with E-state index in [0.29, 0.717) is 12.1 Å². The molecule has 0 saturated carbocycles. The van der Waals surface area contributed by atoms with Gasteiger partial charge in [0.15, 0.2) is 0 Å². The Bertz CT molecular complexity index is 1150. The van der Waals surface area contributed by atoms with Gasteiger partial charge in [0.2, 0.25) is 0 Å². The van der Waals surface area contributed by atoms with Crippen molar-refractivity contribution in [2.75, 3.05) is 13.1 Å². The summed E-state index contributed by atoms with van der Waals surface area (Å²) in [7, 11) is 0. The first-order valence-electron chi connectivity index (χ1n) is 9.35. The molecule has 2 aromatic carbocycles. The lowest BCUT2D eigenvalue weighted by molar-refractivity contribution is 0.0137. The van der Waals surface area contributed by atoms with Gasteiger partial charge in [-0.2, -0.15) is 0 Å². The van der Waals surface area contributed by atoms with Gasteiger partial charge in [0.05, 0.1) is 6.20 Å². The van der Waals surface area contributed by atoms with Crippen molar-refractivity contribution in [2.45, 2.75) is 12.6 Å². The number of ether oxygens (including phenoxy) is 1. The third kappa shape index (κ3) is 3.18. The quantitative estimate of drug-likeness (QED) is 0.585. The molecule has 28 heavy (non-hydrogen) atoms. The molecule has 0 amide bonds. The molecule has 140 valence electrons. The molecule has 4 aromatic rings. The Hall–Kier alpha value is -3.38. The normalized spacial score (nSPS) is 14.9. The molecule has 0 aliphatic carbocycles. The van der Waals surface area contributed by atoms with Crippen molar-refractivity contribution in [1.82, 2.24) is 19.3 Å². The smallest absolute Gasteiger partial charge is 0.274 e. The fourth-order valence-corrected chi connectivity index (χ4v) is 3.60. The van der Waals surface area contributed by atoms with Crippen LogP contribution in [0.1, 0.15) is 5.69 Å². The lowest BCUT2D eigenvalue weighted by Crippen LogP contribution is -2.53. The summed E-state index contributed by atoms with van der Waals surface area (Å²) in [6.45, 7) is 2.35. The number of nitrogens with zero attached hydrogens (tertiary/aromatic N) is 3. The van der Waals surface area contributed by atoms with E-state index in [9.17, 15) is 4.79 Å². The van der Waals surface area contributed by atoms with Gasteiger partial charge >= 0.3 is 0 Å². The van der Waals surface area contributed by atoms with Crippen LogP contribution < -0.4 is 10.3 Å². The first-order chi connectivity index (χ1) is 13.8. The number of hydrogen-bond acceptors (Lipinski definition) is 4. The van der Waals surface area contributed by atoms with Crippen LogP contribution in [0.2, 0.25) is 0 Å². The van der Waals surface area contributed by atoms with Crippen molar-refractivity contribution in [1.29, 1.82) is 0 Å². The predicted octanol–water partition coefficient (Wildman–Crippen LogP) is 2.95. The van der Waals surface area contributed by atoms with Crippen LogP contribution in [0.25, 0.3) is 16.9 Å². The Morgan fingerprint density at radius 2 is 1.75 bits per heavy atom. The number of hydrogen-bond donors (Lipinski definition) is 1. The molecule has 3 heterocycles. The summed E-state index contributed by atoms with van der Waals surface area (Å²) < 4.78 is 7.82. The first-order valence-corrected chi connectivity index (χ1v) is 9.35. The Kier molecular flexibility index (Phi) is 4.18. The molecule has 6 nitrogen and oxygen atoms in total. The van der Waals surface area contributed by atoms with Gasteiger partial charge in [-0.15, -0.1) is 0 Å². The summed E-state index contributed by atoms with van der Waals surface area (Å²) >= 11 is 0. The van der Waals surface area contributed by atoms with Gasteiger partial charge in [-0.3, -0.25) is 14.1 Å². The van der Waals surface area contributed by atoms with Gasteiger partial charge < -0.3 is 9.72 Å². The number of nitrogens with one attached hydrogen (secondary N) is 1. The van der Waals surface area contributed by atoms with Gasteiger partial charge in [-0.25, -0.2) is 4.98 Å². The number of imidazole rings is 1. The molecule has 0 atom stereocenters. The van der Waals surface area contributed by atoms with E-state index in [-0.39, 0.29) is 11.7 Å². The monoisotopic (exact) mass is 372 g/mol. The highest BCUT2D eigenvalue weighted by Gasteiger charge is 2.28. The lowest BCUT2D eigenvalue weighted by atomic mass is 10.1. The van der Waals surface area contributed by atoms with Gasteiger partial charge in [-0.05, 0) is 12.1 Å². The minimum absolute atomic E-state index is 0.121. The molecule has 1 N–H and O–H groups in total. The van der Waals surface area contributed by atoms with E-state index in [2.05, 4.69) is 14.9 Å². The molecular weight excluding hydrogens is 352 g/mol. The molecule has 1 fully saturated rings. The van der Waals surface area contributed by atoms with Crippen LogP contribution in [-0.4, -0.2) is 38.5 Å². The van der Waals surface area contributed by atoms with Crippen molar-refractivity contribution in [2.24, 2.45) is 0 Å². The van der Waals surface area contributed by atoms with E-state index in [1.807, 2.05) is 71.3 Å². The van der Waals surface area contributed by atoms with Crippen molar-refractivity contribution in [3.8, 4) is 17.1 Å². The minimum Gasteiger partial charge on any atom is -0.488 e. The third-order valence-corrected chi connectivity index (χ3v) is 4.98. The van der Waals surface area contributed by atoms with E-state index >= 15 is 0 Å². The van der Waals surface area contributed by atoms with Crippen LogP contribution in [0, 0.1) is 0 Å². The summed E-state index contributed by atoms with van der Waals surface area (Å²) in [5.41, 5.74) is 2.28. The van der Waals surface area contributed by atoms with Crippen LogP contribution in [0.15, 0.2) is 77.9 Å². The molecule has 0 spiro atoms. The largest absolute Gasteiger partial charge is 0.488 e. The summed E-state index contributed by atoms with van der Waals surface area (Å²) in [6.07, 6.45) is 3.78. The zero-order chi connectivity index (χ0) is 18.9. The van der Waals surface area contributed by atoms with E-state index in [1.54, 1.807) is 6.20 Å². The zero-order valence-corrected chi connectivity index (χ0v) is 15.3. The van der Waals surface area contributed by atoms with Crippen LogP contribution in [0.4, 0.5) is 0 Å². The minimum atomic E-state index is -0.121. The van der Waals surface area contributed by atoms with Crippen LogP contribution in [0.3, 0.4) is 0 Å². The highest BCUT2D eigenvalue weighted by molar-refractivity contribution is 5.61. The van der Waals surface area contributed by atoms with Gasteiger partial charge in [0.25, 0.3) is 5.56 Å². The molecule has 0 radical (unpaired) electrons. The second-order valence-electron chi connectivity index (χ2n) is 7.06. The maximum Gasteiger partial charge on any atom is 0.274 e. The number of aromatic amines is 1. The Labute approximate surface area is 162 Å². The topological polar surface area (TPSA) is 62.6 Å². The SMILES string of the molecule is O=c1[nH]c(CN2CC(Oc3ccccc3)C2)cn2c(-c3ccccc3)ncc12. The highest BCUT2D eigenvalue weighted by atomic mass is 16.5. The molecule has 2 aromatic heterocycles. The third-order valence-electron chi connectivity index (χ3n) is 4.98. The number of aromatic nitrogens is 3. The van der Waals surface area contributed by atoms with Gasteiger partial charge in [0, 0.05) is 37.1 Å². The fourth-order valence-electron chi connectivity index (χ4n) is 3.60. The van der Waals surface area contributed by atoms with Crippen molar-refractivity contribution in [3.63, 3.8) is 0 Å². The highest BCUT2D eigenvalue weighted by Crippen LogP contribution is 2.21. The van der Waals surface area contributed by atoms with E-state index in [4.69, 9.17) is 4.74 Å². The predicted molar refractivity (Wildman–Crippen MR) is 107 cm³/mol. The first kappa shape index (κ1) is 16.8. The Morgan fingerprint density at radius 1 is 1.04 bits per heavy atom. The van der Waals surface area contributed by atoms with E-state index in [1.165, 1.54) is 0 Å². The molecule has 6 heteroatoms. The summed E-state index contributed by atoms with van der Waals surface area (Å²) in [4.78, 5) is 22.2. The van der Waals surface area contributed by atoms with Crippen LogP contribution >= 0.6 is 0 Å². The number of H-pyrrole nitrogens is 1. The molecule has 1 aliphatic rings. The van der Waals surface area contributed by atoms with Crippen molar-refractivity contribution < 1.29 is 4.74 Å². The van der Waals surface area contributed by atoms with Crippen LogP contribution in [0.5, 0.6) is 5.75 Å². The number of benzene rings is 2. The Balaban J connectivity index is 1.32. The number of para-hydroxylation sites is 1. The van der Waals surface area contributed by atoms with Gasteiger partial charge in [0.1, 0.15) is 23.2 Å².